The van der Waals surface area contributed by atoms with Gasteiger partial charge in [-0.1, -0.05) is 39.0 Å². The van der Waals surface area contributed by atoms with Crippen LogP contribution in [-0.2, 0) is 15.3 Å². The second-order valence-corrected chi connectivity index (χ2v) is 10.6. The molecule has 0 radical (unpaired) electrons. The molecule has 0 bridgehead atoms. The first kappa shape index (κ1) is 24.9. The molecule has 1 atom stereocenters. The zero-order valence-corrected chi connectivity index (χ0v) is 21.0. The van der Waals surface area contributed by atoms with Gasteiger partial charge in [0, 0.05) is 18.5 Å². The molecule has 0 spiro atoms. The number of benzene rings is 1. The quantitative estimate of drug-likeness (QED) is 0.328. The summed E-state index contributed by atoms with van der Waals surface area (Å²) in [5, 5.41) is 8.39. The second-order valence-electron chi connectivity index (χ2n) is 7.47. The van der Waals surface area contributed by atoms with Gasteiger partial charge in [-0.15, -0.1) is 35.3 Å². The molecule has 2 rings (SSSR count). The Kier molecular flexibility index (Phi) is 9.42. The zero-order chi connectivity index (χ0) is 20.1. The molecule has 8 heteroatoms. The fourth-order valence-corrected chi connectivity index (χ4v) is 4.48. The predicted octanol–water partition coefficient (Wildman–Crippen LogP) is 4.36. The molecular weight excluding hydrogens is 505 g/mol. The molecule has 0 fully saturated rings. The topological polar surface area (TPSA) is 70.6 Å². The molecular formula is C20H30IN3O2S2. The van der Waals surface area contributed by atoms with Crippen molar-refractivity contribution >= 4 is 51.1 Å². The van der Waals surface area contributed by atoms with Gasteiger partial charge in [0.05, 0.1) is 16.7 Å². The Morgan fingerprint density at radius 3 is 2.32 bits per heavy atom. The maximum atomic E-state index is 12.6. The van der Waals surface area contributed by atoms with Crippen molar-refractivity contribution in [1.29, 1.82) is 0 Å². The van der Waals surface area contributed by atoms with Gasteiger partial charge in [0.2, 0.25) is 0 Å². The van der Waals surface area contributed by atoms with Gasteiger partial charge in [-0.2, -0.15) is 0 Å². The van der Waals surface area contributed by atoms with Crippen LogP contribution in [0.4, 0.5) is 0 Å². The highest BCUT2D eigenvalue weighted by molar-refractivity contribution is 14.0. The lowest BCUT2D eigenvalue weighted by Gasteiger charge is -2.19. The summed E-state index contributed by atoms with van der Waals surface area (Å²) in [6, 6.07) is 11.3. The highest BCUT2D eigenvalue weighted by atomic mass is 127. The summed E-state index contributed by atoms with van der Waals surface area (Å²) >= 11 is 1.67. The van der Waals surface area contributed by atoms with E-state index in [1.165, 1.54) is 4.88 Å². The summed E-state index contributed by atoms with van der Waals surface area (Å²) in [5.41, 5.74) is 1.12. The first-order chi connectivity index (χ1) is 12.6. The van der Waals surface area contributed by atoms with Gasteiger partial charge in [-0.3, -0.25) is 4.99 Å². The number of guanidine groups is 1. The number of thiophene rings is 1. The normalized spacial score (nSPS) is 13.5. The molecule has 0 aliphatic carbocycles. The molecule has 5 nitrogen and oxygen atoms in total. The van der Waals surface area contributed by atoms with Crippen LogP contribution in [0.15, 0.2) is 51.7 Å². The van der Waals surface area contributed by atoms with E-state index in [-0.39, 0.29) is 41.2 Å². The minimum absolute atomic E-state index is 0. The van der Waals surface area contributed by atoms with E-state index >= 15 is 0 Å². The predicted molar refractivity (Wildman–Crippen MR) is 130 cm³/mol. The van der Waals surface area contributed by atoms with Crippen LogP contribution in [0.1, 0.15) is 44.2 Å². The number of nitrogens with zero attached hydrogens (tertiary/aromatic N) is 1. The zero-order valence-electron chi connectivity index (χ0n) is 17.0. The van der Waals surface area contributed by atoms with Gasteiger partial charge < -0.3 is 10.6 Å². The van der Waals surface area contributed by atoms with Crippen molar-refractivity contribution in [3.05, 3.63) is 52.2 Å². The highest BCUT2D eigenvalue weighted by Gasteiger charge is 2.18. The minimum atomic E-state index is -3.34. The summed E-state index contributed by atoms with van der Waals surface area (Å²) in [6.45, 7) is 8.66. The molecule has 1 aromatic carbocycles. The van der Waals surface area contributed by atoms with E-state index in [1.54, 1.807) is 30.5 Å². The van der Waals surface area contributed by atoms with Crippen molar-refractivity contribution in [1.82, 2.24) is 10.6 Å². The van der Waals surface area contributed by atoms with Crippen molar-refractivity contribution in [2.75, 3.05) is 19.3 Å². The first-order valence-corrected chi connectivity index (χ1v) is 11.5. The van der Waals surface area contributed by atoms with Crippen molar-refractivity contribution < 1.29 is 8.42 Å². The number of hydrogen-bond acceptors (Lipinski definition) is 4. The van der Waals surface area contributed by atoms with Crippen LogP contribution in [0.2, 0.25) is 0 Å². The van der Waals surface area contributed by atoms with Gasteiger partial charge in [0.15, 0.2) is 15.8 Å². The molecule has 156 valence electrons. The van der Waals surface area contributed by atoms with Crippen LogP contribution < -0.4 is 10.6 Å². The Hall–Kier alpha value is -1.13. The van der Waals surface area contributed by atoms with Gasteiger partial charge in [0.25, 0.3) is 0 Å². The highest BCUT2D eigenvalue weighted by Crippen LogP contribution is 2.23. The van der Waals surface area contributed by atoms with Crippen LogP contribution in [0, 0.1) is 0 Å². The minimum Gasteiger partial charge on any atom is -0.355 e. The monoisotopic (exact) mass is 535 g/mol. The molecule has 1 heterocycles. The Bertz CT molecular complexity index is 856. The molecule has 2 N–H and O–H groups in total. The van der Waals surface area contributed by atoms with Gasteiger partial charge in [0.1, 0.15) is 0 Å². The van der Waals surface area contributed by atoms with E-state index in [4.69, 9.17) is 0 Å². The molecule has 1 unspecified atom stereocenters. The largest absolute Gasteiger partial charge is 0.355 e. The number of hydrogen-bond donors (Lipinski definition) is 2. The molecule has 0 amide bonds. The van der Waals surface area contributed by atoms with Crippen LogP contribution in [0.25, 0.3) is 0 Å². The number of halogens is 1. The molecule has 0 saturated carbocycles. The van der Waals surface area contributed by atoms with E-state index in [2.05, 4.69) is 42.5 Å². The fourth-order valence-electron chi connectivity index (χ4n) is 2.59. The smallest absolute Gasteiger partial charge is 0.191 e. The summed E-state index contributed by atoms with van der Waals surface area (Å²) in [7, 11) is -1.66. The summed E-state index contributed by atoms with van der Waals surface area (Å²) in [5.74, 6) is 0.602. The van der Waals surface area contributed by atoms with Crippen LogP contribution in [0.5, 0.6) is 0 Å². The average molecular weight is 536 g/mol. The lowest BCUT2D eigenvalue weighted by atomic mass is 9.87. The van der Waals surface area contributed by atoms with Gasteiger partial charge >= 0.3 is 0 Å². The van der Waals surface area contributed by atoms with E-state index < -0.39 is 9.84 Å². The summed E-state index contributed by atoms with van der Waals surface area (Å²) in [6.07, 6.45) is 0. The number of nitrogens with one attached hydrogen (secondary N) is 2. The standard InChI is InChI=1S/C20H29N3O2S2.HI/c1-15(18-7-6-13-26-18)23-19(21-5)22-12-14-27(24,25)17-10-8-16(9-11-17)20(2,3)4;/h6-11,13,15H,12,14H2,1-5H3,(H2,21,22,23);1H. The maximum Gasteiger partial charge on any atom is 0.191 e. The Labute approximate surface area is 190 Å². The summed E-state index contributed by atoms with van der Waals surface area (Å²) in [4.78, 5) is 5.73. The number of rotatable bonds is 6. The van der Waals surface area contributed by atoms with Gasteiger partial charge in [-0.25, -0.2) is 8.42 Å². The molecule has 2 aromatic rings. The van der Waals surface area contributed by atoms with E-state index in [0.29, 0.717) is 17.4 Å². The third kappa shape index (κ3) is 7.04. The molecule has 0 aliphatic rings. The average Bonchev–Trinajstić information content (AvgIpc) is 3.15. The SMILES string of the molecule is CN=C(NCCS(=O)(=O)c1ccc(C(C)(C)C)cc1)NC(C)c1cccs1.I. The Morgan fingerprint density at radius 1 is 1.18 bits per heavy atom. The van der Waals surface area contributed by atoms with Crippen molar-refractivity contribution in [3.8, 4) is 0 Å². The van der Waals surface area contributed by atoms with Crippen LogP contribution >= 0.6 is 35.3 Å². The fraction of sp³-hybridized carbons (Fsp3) is 0.450. The number of sulfone groups is 1. The Balaban J connectivity index is 0.00000392. The lowest BCUT2D eigenvalue weighted by Crippen LogP contribution is -2.40. The molecule has 0 saturated heterocycles. The van der Waals surface area contributed by atoms with Crippen molar-refractivity contribution in [2.24, 2.45) is 4.99 Å². The maximum absolute atomic E-state index is 12.6. The van der Waals surface area contributed by atoms with Crippen molar-refractivity contribution in [2.45, 2.75) is 44.0 Å². The molecule has 1 aromatic heterocycles. The summed E-state index contributed by atoms with van der Waals surface area (Å²) < 4.78 is 25.1. The molecule has 0 aliphatic heterocycles. The van der Waals surface area contributed by atoms with Crippen molar-refractivity contribution in [3.63, 3.8) is 0 Å². The van der Waals surface area contributed by atoms with E-state index in [0.717, 1.165) is 5.56 Å². The first-order valence-electron chi connectivity index (χ1n) is 8.97. The third-order valence-electron chi connectivity index (χ3n) is 4.29. The second kappa shape index (κ2) is 10.6. The van der Waals surface area contributed by atoms with E-state index in [9.17, 15) is 8.42 Å². The Morgan fingerprint density at radius 2 is 1.82 bits per heavy atom. The van der Waals surface area contributed by atoms with E-state index in [1.807, 2.05) is 30.5 Å². The molecule has 28 heavy (non-hydrogen) atoms. The van der Waals surface area contributed by atoms with Crippen LogP contribution in [0.3, 0.4) is 0 Å². The van der Waals surface area contributed by atoms with Gasteiger partial charge in [-0.05, 0) is 41.5 Å². The number of aliphatic imine (C=N–C) groups is 1. The third-order valence-corrected chi connectivity index (χ3v) is 7.08. The lowest BCUT2D eigenvalue weighted by molar-refractivity contribution is 0.585. The van der Waals surface area contributed by atoms with Crippen LogP contribution in [-0.4, -0.2) is 33.7 Å².